The first-order valence-corrected chi connectivity index (χ1v) is 6.19. The molecular weight excluding hydrogens is 192 g/mol. The lowest BCUT2D eigenvalue weighted by molar-refractivity contribution is 0.331. The van der Waals surface area contributed by atoms with Crippen LogP contribution < -0.4 is 5.73 Å². The van der Waals surface area contributed by atoms with E-state index in [1.54, 1.807) is 11.3 Å². The molecular formula is C11H18N2S. The van der Waals surface area contributed by atoms with Gasteiger partial charge in [-0.05, 0) is 34.7 Å². The van der Waals surface area contributed by atoms with E-state index in [2.05, 4.69) is 28.7 Å². The molecule has 1 aromatic heterocycles. The van der Waals surface area contributed by atoms with E-state index in [1.165, 1.54) is 18.5 Å². The van der Waals surface area contributed by atoms with Crippen molar-refractivity contribution in [1.82, 2.24) is 4.90 Å². The first kappa shape index (κ1) is 10.1. The maximum atomic E-state index is 5.98. The van der Waals surface area contributed by atoms with Crippen LogP contribution >= 0.6 is 11.3 Å². The first-order chi connectivity index (χ1) is 6.75. The van der Waals surface area contributed by atoms with Crippen molar-refractivity contribution < 1.29 is 0 Å². The van der Waals surface area contributed by atoms with Crippen LogP contribution in [-0.4, -0.2) is 30.6 Å². The Labute approximate surface area is 89.7 Å². The highest BCUT2D eigenvalue weighted by Gasteiger charge is 2.25. The second-order valence-corrected chi connectivity index (χ2v) is 5.06. The van der Waals surface area contributed by atoms with Crippen molar-refractivity contribution in [2.75, 3.05) is 19.6 Å². The third kappa shape index (κ3) is 2.35. The Morgan fingerprint density at radius 3 is 3.00 bits per heavy atom. The summed E-state index contributed by atoms with van der Waals surface area (Å²) < 4.78 is 0. The molecule has 14 heavy (non-hydrogen) atoms. The predicted octanol–water partition coefficient (Wildman–Crippen LogP) is 1.57. The van der Waals surface area contributed by atoms with Gasteiger partial charge in [0.15, 0.2) is 0 Å². The van der Waals surface area contributed by atoms with Crippen LogP contribution in [0.1, 0.15) is 12.5 Å². The minimum absolute atomic E-state index is 0.387. The van der Waals surface area contributed by atoms with Gasteiger partial charge in [0, 0.05) is 25.7 Å². The van der Waals surface area contributed by atoms with E-state index in [0.29, 0.717) is 12.0 Å². The molecule has 0 saturated carbocycles. The summed E-state index contributed by atoms with van der Waals surface area (Å²) in [6, 6.07) is 2.60. The molecule has 1 aliphatic rings. The fourth-order valence-corrected chi connectivity index (χ4v) is 2.70. The van der Waals surface area contributed by atoms with Crippen molar-refractivity contribution in [2.45, 2.75) is 19.4 Å². The summed E-state index contributed by atoms with van der Waals surface area (Å²) in [5.74, 6) is 0.664. The van der Waals surface area contributed by atoms with Crippen molar-refractivity contribution in [3.05, 3.63) is 22.4 Å². The molecule has 0 bridgehead atoms. The van der Waals surface area contributed by atoms with E-state index in [0.717, 1.165) is 13.1 Å². The number of rotatable bonds is 3. The molecule has 2 heterocycles. The second-order valence-electron chi connectivity index (χ2n) is 4.28. The molecule has 78 valence electrons. The average molecular weight is 210 g/mol. The second kappa shape index (κ2) is 4.43. The van der Waals surface area contributed by atoms with Gasteiger partial charge in [-0.3, -0.25) is 0 Å². The SMILES string of the molecule is CC1CN(CCc2ccsc2)CC1N. The van der Waals surface area contributed by atoms with Crippen LogP contribution in [0.3, 0.4) is 0 Å². The molecule has 0 radical (unpaired) electrons. The van der Waals surface area contributed by atoms with Crippen LogP contribution in [0.5, 0.6) is 0 Å². The van der Waals surface area contributed by atoms with Crippen molar-refractivity contribution in [1.29, 1.82) is 0 Å². The summed E-state index contributed by atoms with van der Waals surface area (Å²) >= 11 is 1.78. The summed E-state index contributed by atoms with van der Waals surface area (Å²) in [5, 5.41) is 4.38. The molecule has 2 nitrogen and oxygen atoms in total. The van der Waals surface area contributed by atoms with E-state index < -0.39 is 0 Å². The highest BCUT2D eigenvalue weighted by atomic mass is 32.1. The van der Waals surface area contributed by atoms with Gasteiger partial charge in [0.05, 0.1) is 0 Å². The zero-order valence-corrected chi connectivity index (χ0v) is 9.46. The molecule has 1 fully saturated rings. The van der Waals surface area contributed by atoms with Gasteiger partial charge in [0.1, 0.15) is 0 Å². The van der Waals surface area contributed by atoms with Crippen molar-refractivity contribution in [3.63, 3.8) is 0 Å². The summed E-state index contributed by atoms with van der Waals surface area (Å²) in [7, 11) is 0. The Balaban J connectivity index is 1.77. The van der Waals surface area contributed by atoms with Gasteiger partial charge in [-0.2, -0.15) is 11.3 Å². The molecule has 0 spiro atoms. The maximum absolute atomic E-state index is 5.98. The standard InChI is InChI=1S/C11H18N2S/c1-9-6-13(7-11(9)12)4-2-10-3-5-14-8-10/h3,5,8-9,11H,2,4,6-7,12H2,1H3. The Bertz CT molecular complexity index is 261. The van der Waals surface area contributed by atoms with Crippen molar-refractivity contribution in [3.8, 4) is 0 Å². The zero-order valence-electron chi connectivity index (χ0n) is 8.65. The number of likely N-dealkylation sites (tertiary alicyclic amines) is 1. The third-order valence-electron chi connectivity index (χ3n) is 3.04. The molecule has 1 aliphatic heterocycles. The lowest BCUT2D eigenvalue weighted by atomic mass is 10.1. The smallest absolute Gasteiger partial charge is 0.0206 e. The van der Waals surface area contributed by atoms with Crippen LogP contribution in [0.2, 0.25) is 0 Å². The van der Waals surface area contributed by atoms with Crippen LogP contribution in [-0.2, 0) is 6.42 Å². The van der Waals surface area contributed by atoms with Gasteiger partial charge in [-0.25, -0.2) is 0 Å². The van der Waals surface area contributed by atoms with Crippen LogP contribution in [0, 0.1) is 5.92 Å². The Kier molecular flexibility index (Phi) is 3.21. The lowest BCUT2D eigenvalue weighted by Crippen LogP contribution is -2.29. The Morgan fingerprint density at radius 2 is 2.43 bits per heavy atom. The first-order valence-electron chi connectivity index (χ1n) is 5.24. The molecule has 3 heteroatoms. The van der Waals surface area contributed by atoms with Gasteiger partial charge in [-0.1, -0.05) is 6.92 Å². The summed E-state index contributed by atoms with van der Waals surface area (Å²) in [4.78, 5) is 2.48. The number of hydrogen-bond donors (Lipinski definition) is 1. The molecule has 1 aromatic rings. The number of hydrogen-bond acceptors (Lipinski definition) is 3. The number of nitrogens with two attached hydrogens (primary N) is 1. The maximum Gasteiger partial charge on any atom is 0.0206 e. The van der Waals surface area contributed by atoms with Crippen LogP contribution in [0.25, 0.3) is 0 Å². The molecule has 2 rings (SSSR count). The molecule has 2 atom stereocenters. The minimum atomic E-state index is 0.387. The van der Waals surface area contributed by atoms with E-state index in [1.807, 2.05) is 0 Å². The molecule has 2 N–H and O–H groups in total. The largest absolute Gasteiger partial charge is 0.326 e. The van der Waals surface area contributed by atoms with Gasteiger partial charge in [0.2, 0.25) is 0 Å². The molecule has 0 amide bonds. The molecule has 0 aliphatic carbocycles. The monoisotopic (exact) mass is 210 g/mol. The summed E-state index contributed by atoms with van der Waals surface area (Å²) in [6.45, 7) is 5.65. The van der Waals surface area contributed by atoms with Crippen LogP contribution in [0.4, 0.5) is 0 Å². The Hall–Kier alpha value is -0.380. The predicted molar refractivity (Wildman–Crippen MR) is 61.6 cm³/mol. The van der Waals surface area contributed by atoms with E-state index in [4.69, 9.17) is 5.73 Å². The van der Waals surface area contributed by atoms with Crippen molar-refractivity contribution >= 4 is 11.3 Å². The highest BCUT2D eigenvalue weighted by Crippen LogP contribution is 2.15. The molecule has 0 aromatic carbocycles. The topological polar surface area (TPSA) is 29.3 Å². The summed E-state index contributed by atoms with van der Waals surface area (Å²) in [6.07, 6.45) is 1.17. The molecule has 2 unspecified atom stereocenters. The van der Waals surface area contributed by atoms with Gasteiger partial charge < -0.3 is 10.6 Å². The number of nitrogens with zero attached hydrogens (tertiary/aromatic N) is 1. The van der Waals surface area contributed by atoms with Crippen molar-refractivity contribution in [2.24, 2.45) is 11.7 Å². The summed E-state index contributed by atoms with van der Waals surface area (Å²) in [5.41, 5.74) is 7.44. The molecule has 1 saturated heterocycles. The lowest BCUT2D eigenvalue weighted by Gasteiger charge is -2.14. The minimum Gasteiger partial charge on any atom is -0.326 e. The van der Waals surface area contributed by atoms with Gasteiger partial charge in [-0.15, -0.1) is 0 Å². The van der Waals surface area contributed by atoms with Gasteiger partial charge in [0.25, 0.3) is 0 Å². The normalized spacial score (nSPS) is 28.4. The number of thiophene rings is 1. The van der Waals surface area contributed by atoms with E-state index in [-0.39, 0.29) is 0 Å². The quantitative estimate of drug-likeness (QED) is 0.820. The third-order valence-corrected chi connectivity index (χ3v) is 3.77. The zero-order chi connectivity index (χ0) is 9.97. The fourth-order valence-electron chi connectivity index (χ4n) is 2.00. The van der Waals surface area contributed by atoms with E-state index in [9.17, 15) is 0 Å². The Morgan fingerprint density at radius 1 is 1.57 bits per heavy atom. The average Bonchev–Trinajstić information content (AvgIpc) is 2.74. The van der Waals surface area contributed by atoms with Gasteiger partial charge >= 0.3 is 0 Å². The van der Waals surface area contributed by atoms with Crippen LogP contribution in [0.15, 0.2) is 16.8 Å². The highest BCUT2D eigenvalue weighted by molar-refractivity contribution is 7.07. The fraction of sp³-hybridized carbons (Fsp3) is 0.636. The van der Waals surface area contributed by atoms with E-state index >= 15 is 0 Å².